The summed E-state index contributed by atoms with van der Waals surface area (Å²) in [6.45, 7) is 2.21. The van der Waals surface area contributed by atoms with Crippen LogP contribution < -0.4 is 5.73 Å². The topological polar surface area (TPSA) is 129 Å². The molecule has 0 spiro atoms. The zero-order valence-electron chi connectivity index (χ0n) is 10.1. The van der Waals surface area contributed by atoms with Gasteiger partial charge in [-0.3, -0.25) is 19.5 Å². The molecule has 1 heterocycles. The van der Waals surface area contributed by atoms with Crippen LogP contribution >= 0.6 is 0 Å². The molecular formula is C10H14N4O4. The predicted octanol–water partition coefficient (Wildman–Crippen LogP) is -0.961. The fraction of sp³-hybridized carbons (Fsp3) is 0.400. The van der Waals surface area contributed by atoms with Crippen molar-refractivity contribution in [3.63, 3.8) is 0 Å². The molecule has 98 valence electrons. The first kappa shape index (κ1) is 13.7. The summed E-state index contributed by atoms with van der Waals surface area (Å²) in [6, 6.07) is 0. The molecule has 0 atom stereocenters. The number of aromatic nitrogens is 2. The number of hydrogen-bond acceptors (Lipinski definition) is 4. The molecule has 0 aliphatic carbocycles. The van der Waals surface area contributed by atoms with E-state index in [1.807, 2.05) is 0 Å². The third-order valence-electron chi connectivity index (χ3n) is 2.30. The van der Waals surface area contributed by atoms with Crippen LogP contribution in [0.2, 0.25) is 0 Å². The number of H-pyrrole nitrogens is 1. The third-order valence-corrected chi connectivity index (χ3v) is 2.30. The minimum Gasteiger partial charge on any atom is -0.480 e. The highest BCUT2D eigenvalue weighted by Gasteiger charge is 2.24. The Hall–Kier alpha value is -2.38. The molecule has 0 aliphatic rings. The van der Waals surface area contributed by atoms with E-state index in [2.05, 4.69) is 10.2 Å². The molecule has 1 rings (SSSR count). The fourth-order valence-electron chi connectivity index (χ4n) is 1.58. The van der Waals surface area contributed by atoms with Gasteiger partial charge in [-0.05, 0) is 13.8 Å². The number of nitrogens with zero attached hydrogens (tertiary/aromatic N) is 2. The molecule has 0 unspecified atom stereocenters. The predicted molar refractivity (Wildman–Crippen MR) is 60.8 cm³/mol. The number of carbonyl (C=O) groups excluding carboxylic acids is 2. The van der Waals surface area contributed by atoms with E-state index < -0.39 is 30.9 Å². The Kier molecular flexibility index (Phi) is 4.03. The van der Waals surface area contributed by atoms with Gasteiger partial charge < -0.3 is 15.7 Å². The first-order valence-electron chi connectivity index (χ1n) is 5.14. The maximum atomic E-state index is 12.1. The monoisotopic (exact) mass is 254 g/mol. The van der Waals surface area contributed by atoms with E-state index in [4.69, 9.17) is 10.8 Å². The molecule has 4 N–H and O–H groups in total. The quantitative estimate of drug-likeness (QED) is 0.623. The Morgan fingerprint density at radius 3 is 2.33 bits per heavy atom. The molecule has 1 aromatic heterocycles. The average Bonchev–Trinajstić information content (AvgIpc) is 2.55. The lowest BCUT2D eigenvalue weighted by atomic mass is 10.1. The van der Waals surface area contributed by atoms with Crippen molar-refractivity contribution in [2.75, 3.05) is 13.1 Å². The maximum absolute atomic E-state index is 12.1. The molecule has 0 fully saturated rings. The van der Waals surface area contributed by atoms with Crippen LogP contribution in [0.1, 0.15) is 21.7 Å². The second-order valence-electron chi connectivity index (χ2n) is 3.83. The summed E-state index contributed by atoms with van der Waals surface area (Å²) in [4.78, 5) is 34.5. The van der Waals surface area contributed by atoms with Crippen LogP contribution in [0.25, 0.3) is 0 Å². The molecule has 0 radical (unpaired) electrons. The highest BCUT2D eigenvalue weighted by molar-refractivity contribution is 5.99. The minimum absolute atomic E-state index is 0.262. The van der Waals surface area contributed by atoms with Crippen LogP contribution in [0.4, 0.5) is 0 Å². The van der Waals surface area contributed by atoms with E-state index in [9.17, 15) is 14.4 Å². The van der Waals surface area contributed by atoms with Gasteiger partial charge in [0.15, 0.2) is 0 Å². The van der Waals surface area contributed by atoms with Crippen LogP contribution in [0.3, 0.4) is 0 Å². The second kappa shape index (κ2) is 5.30. The van der Waals surface area contributed by atoms with Crippen LogP contribution in [-0.2, 0) is 9.59 Å². The van der Waals surface area contributed by atoms with Crippen LogP contribution in [-0.4, -0.2) is 51.1 Å². The van der Waals surface area contributed by atoms with Crippen molar-refractivity contribution in [1.29, 1.82) is 0 Å². The number of carbonyl (C=O) groups is 3. The van der Waals surface area contributed by atoms with Crippen molar-refractivity contribution in [2.24, 2.45) is 5.73 Å². The van der Waals surface area contributed by atoms with Crippen molar-refractivity contribution in [3.8, 4) is 0 Å². The van der Waals surface area contributed by atoms with Crippen molar-refractivity contribution in [1.82, 2.24) is 15.1 Å². The van der Waals surface area contributed by atoms with Gasteiger partial charge in [-0.15, -0.1) is 0 Å². The molecule has 18 heavy (non-hydrogen) atoms. The van der Waals surface area contributed by atoms with Gasteiger partial charge in [0.1, 0.15) is 13.1 Å². The molecule has 0 saturated carbocycles. The van der Waals surface area contributed by atoms with E-state index in [1.165, 1.54) is 0 Å². The molecule has 2 amide bonds. The largest absolute Gasteiger partial charge is 0.480 e. The number of carboxylic acids is 1. The molecule has 8 heteroatoms. The summed E-state index contributed by atoms with van der Waals surface area (Å²) in [5.41, 5.74) is 6.20. The standard InChI is InChI=1S/C10H14N4O4/c1-5-9(6(2)13-12-5)10(18)14(3-7(11)15)4-8(16)17/h3-4H2,1-2H3,(H2,11,15)(H,12,13)(H,16,17). The lowest BCUT2D eigenvalue weighted by Crippen LogP contribution is -2.41. The van der Waals surface area contributed by atoms with E-state index in [1.54, 1.807) is 13.8 Å². The van der Waals surface area contributed by atoms with Gasteiger partial charge in [0, 0.05) is 5.69 Å². The van der Waals surface area contributed by atoms with Gasteiger partial charge in [-0.25, -0.2) is 0 Å². The van der Waals surface area contributed by atoms with Crippen LogP contribution in [0.5, 0.6) is 0 Å². The molecule has 0 bridgehead atoms. The minimum atomic E-state index is -1.22. The first-order valence-corrected chi connectivity index (χ1v) is 5.14. The van der Waals surface area contributed by atoms with Gasteiger partial charge in [0.25, 0.3) is 5.91 Å². The Morgan fingerprint density at radius 1 is 1.33 bits per heavy atom. The van der Waals surface area contributed by atoms with Gasteiger partial charge in [0.05, 0.1) is 11.3 Å². The van der Waals surface area contributed by atoms with Crippen molar-refractivity contribution >= 4 is 17.8 Å². The van der Waals surface area contributed by atoms with Gasteiger partial charge >= 0.3 is 5.97 Å². The summed E-state index contributed by atoms with van der Waals surface area (Å²) in [5.74, 6) is -2.58. The lowest BCUT2D eigenvalue weighted by molar-refractivity contribution is -0.138. The van der Waals surface area contributed by atoms with E-state index in [0.717, 1.165) is 4.90 Å². The number of aliphatic carboxylic acids is 1. The Bertz CT molecular complexity index is 459. The Balaban J connectivity index is 3.02. The highest BCUT2D eigenvalue weighted by Crippen LogP contribution is 2.12. The Labute approximate surface area is 103 Å². The van der Waals surface area contributed by atoms with Crippen molar-refractivity contribution < 1.29 is 19.5 Å². The van der Waals surface area contributed by atoms with Crippen molar-refractivity contribution in [2.45, 2.75) is 13.8 Å². The zero-order valence-corrected chi connectivity index (χ0v) is 10.1. The molecule has 1 aromatic rings. The number of nitrogens with one attached hydrogen (secondary N) is 1. The summed E-state index contributed by atoms with van der Waals surface area (Å²) < 4.78 is 0. The summed E-state index contributed by atoms with van der Waals surface area (Å²) >= 11 is 0. The number of hydrogen-bond donors (Lipinski definition) is 3. The molecule has 8 nitrogen and oxygen atoms in total. The van der Waals surface area contributed by atoms with E-state index in [0.29, 0.717) is 11.4 Å². The van der Waals surface area contributed by atoms with E-state index in [-0.39, 0.29) is 5.56 Å². The number of carboxylic acid groups (broad SMARTS) is 1. The SMILES string of the molecule is Cc1n[nH]c(C)c1C(=O)N(CC(N)=O)CC(=O)O. The highest BCUT2D eigenvalue weighted by atomic mass is 16.4. The molecular weight excluding hydrogens is 240 g/mol. The molecule has 0 saturated heterocycles. The lowest BCUT2D eigenvalue weighted by Gasteiger charge is -2.18. The fourth-order valence-corrected chi connectivity index (χ4v) is 1.58. The summed E-state index contributed by atoms with van der Waals surface area (Å²) in [5, 5.41) is 15.2. The average molecular weight is 254 g/mol. The molecule has 0 aliphatic heterocycles. The smallest absolute Gasteiger partial charge is 0.323 e. The zero-order chi connectivity index (χ0) is 13.9. The maximum Gasteiger partial charge on any atom is 0.323 e. The van der Waals surface area contributed by atoms with Crippen LogP contribution in [0.15, 0.2) is 0 Å². The van der Waals surface area contributed by atoms with Crippen LogP contribution in [0, 0.1) is 13.8 Å². The number of nitrogens with two attached hydrogens (primary N) is 1. The third kappa shape index (κ3) is 3.06. The second-order valence-corrected chi connectivity index (χ2v) is 3.83. The molecule has 0 aromatic carbocycles. The number of rotatable bonds is 5. The Morgan fingerprint density at radius 2 is 1.94 bits per heavy atom. The normalized spacial score (nSPS) is 10.1. The first-order chi connectivity index (χ1) is 8.32. The van der Waals surface area contributed by atoms with Gasteiger partial charge in [-0.2, -0.15) is 5.10 Å². The van der Waals surface area contributed by atoms with Gasteiger partial charge in [0.2, 0.25) is 5.91 Å². The number of aromatic amines is 1. The van der Waals surface area contributed by atoms with Gasteiger partial charge in [-0.1, -0.05) is 0 Å². The van der Waals surface area contributed by atoms with Crippen molar-refractivity contribution in [3.05, 3.63) is 17.0 Å². The number of amides is 2. The summed E-state index contributed by atoms with van der Waals surface area (Å²) in [6.07, 6.45) is 0. The number of aryl methyl sites for hydroxylation is 2. The van der Waals surface area contributed by atoms with E-state index >= 15 is 0 Å². The number of primary amides is 1. The summed E-state index contributed by atoms with van der Waals surface area (Å²) in [7, 11) is 0.